The van der Waals surface area contributed by atoms with E-state index in [1.54, 1.807) is 42.5 Å². The fourth-order valence-corrected chi connectivity index (χ4v) is 6.71. The van der Waals surface area contributed by atoms with Gasteiger partial charge in [-0.25, -0.2) is 8.42 Å². The molecule has 8 nitrogen and oxygen atoms in total. The molecule has 1 atom stereocenters. The van der Waals surface area contributed by atoms with Crippen LogP contribution in [0.15, 0.2) is 83.8 Å². The number of aryl methyl sites for hydroxylation is 1. The van der Waals surface area contributed by atoms with E-state index in [4.69, 9.17) is 4.74 Å². The third kappa shape index (κ3) is 7.47. The van der Waals surface area contributed by atoms with Gasteiger partial charge in [0.25, 0.3) is 10.0 Å². The summed E-state index contributed by atoms with van der Waals surface area (Å²) in [4.78, 5) is 29.2. The number of benzene rings is 3. The maximum Gasteiger partial charge on any atom is 0.264 e. The van der Waals surface area contributed by atoms with Crippen LogP contribution in [0.5, 0.6) is 5.75 Å². The fraction of sp³-hybridized carbons (Fsp3) is 0.375. The average Bonchev–Trinajstić information content (AvgIpc) is 3.49. The molecule has 0 heterocycles. The van der Waals surface area contributed by atoms with Crippen LogP contribution in [-0.4, -0.2) is 50.9 Å². The van der Waals surface area contributed by atoms with E-state index < -0.39 is 28.5 Å². The van der Waals surface area contributed by atoms with Crippen LogP contribution >= 0.6 is 0 Å². The lowest BCUT2D eigenvalue weighted by atomic mass is 10.1. The minimum absolute atomic E-state index is 0.0335. The Bertz CT molecular complexity index is 1420. The molecule has 1 fully saturated rings. The summed E-state index contributed by atoms with van der Waals surface area (Å²) in [6, 6.07) is 21.7. The van der Waals surface area contributed by atoms with Crippen LogP contribution in [0.25, 0.3) is 0 Å². The van der Waals surface area contributed by atoms with Gasteiger partial charge in [0.15, 0.2) is 0 Å². The monoisotopic (exact) mass is 577 g/mol. The molecule has 218 valence electrons. The van der Waals surface area contributed by atoms with Gasteiger partial charge in [-0.05, 0) is 68.1 Å². The Morgan fingerprint density at radius 2 is 1.66 bits per heavy atom. The molecule has 0 aliphatic heterocycles. The molecule has 0 aromatic heterocycles. The van der Waals surface area contributed by atoms with Crippen molar-refractivity contribution >= 4 is 27.5 Å². The Hall–Kier alpha value is -3.85. The Labute approximate surface area is 243 Å². The number of nitrogens with one attached hydrogen (secondary N) is 1. The van der Waals surface area contributed by atoms with Gasteiger partial charge < -0.3 is 15.0 Å². The normalized spacial score (nSPS) is 14.3. The number of hydrogen-bond donors (Lipinski definition) is 1. The molecule has 3 aromatic rings. The molecule has 0 radical (unpaired) electrons. The summed E-state index contributed by atoms with van der Waals surface area (Å²) in [5, 5.41) is 3.14. The highest BCUT2D eigenvalue weighted by atomic mass is 32.2. The molecule has 9 heteroatoms. The van der Waals surface area contributed by atoms with Crippen molar-refractivity contribution in [2.45, 2.75) is 69.5 Å². The molecule has 3 aromatic carbocycles. The Kier molecular flexibility index (Phi) is 10.0. The van der Waals surface area contributed by atoms with Crippen molar-refractivity contribution < 1.29 is 22.7 Å². The Balaban J connectivity index is 1.69. The standard InChI is InChI=1S/C32H39N3O5S/c1-4-30(32(37)33-26-13-8-9-14-26)34(22-25-12-10-11-24(2)21-25)31(36)23-35(27-15-6-5-7-16-27)41(38,39)29-19-17-28(40-3)18-20-29/h5-7,10-12,15-21,26,30H,4,8-9,13-14,22-23H2,1-3H3,(H,33,37). The molecule has 1 aliphatic rings. The summed E-state index contributed by atoms with van der Waals surface area (Å²) in [5.74, 6) is -0.139. The van der Waals surface area contributed by atoms with E-state index >= 15 is 0 Å². The number of carbonyl (C=O) groups excluding carboxylic acids is 2. The highest BCUT2D eigenvalue weighted by Crippen LogP contribution is 2.26. The van der Waals surface area contributed by atoms with E-state index in [1.165, 1.54) is 24.1 Å². The van der Waals surface area contributed by atoms with Gasteiger partial charge in [0.1, 0.15) is 18.3 Å². The smallest absolute Gasteiger partial charge is 0.264 e. The third-order valence-corrected chi connectivity index (χ3v) is 9.28. The SMILES string of the molecule is CCC(C(=O)NC1CCCC1)N(Cc1cccc(C)c1)C(=O)CN(c1ccccc1)S(=O)(=O)c1ccc(OC)cc1. The summed E-state index contributed by atoms with van der Waals surface area (Å²) in [6.07, 6.45) is 4.39. The predicted octanol–water partition coefficient (Wildman–Crippen LogP) is 5.07. The van der Waals surface area contributed by atoms with E-state index in [0.29, 0.717) is 17.9 Å². The zero-order chi connectivity index (χ0) is 29.4. The summed E-state index contributed by atoms with van der Waals surface area (Å²) in [5.41, 5.74) is 2.26. The first kappa shape index (κ1) is 30.1. The van der Waals surface area contributed by atoms with Gasteiger partial charge in [-0.3, -0.25) is 13.9 Å². The number of hydrogen-bond acceptors (Lipinski definition) is 5. The zero-order valence-electron chi connectivity index (χ0n) is 24.0. The van der Waals surface area contributed by atoms with Gasteiger partial charge in [0.2, 0.25) is 11.8 Å². The first-order valence-corrected chi connectivity index (χ1v) is 15.5. The quantitative estimate of drug-likeness (QED) is 0.325. The van der Waals surface area contributed by atoms with Crippen molar-refractivity contribution in [2.75, 3.05) is 18.0 Å². The van der Waals surface area contributed by atoms with Gasteiger partial charge in [-0.15, -0.1) is 0 Å². The number of ether oxygens (including phenoxy) is 1. The van der Waals surface area contributed by atoms with Crippen LogP contribution < -0.4 is 14.4 Å². The summed E-state index contributed by atoms with van der Waals surface area (Å²) in [6.45, 7) is 3.57. The largest absolute Gasteiger partial charge is 0.497 e. The molecular formula is C32H39N3O5S. The van der Waals surface area contributed by atoms with Gasteiger partial charge in [-0.1, -0.05) is 67.8 Å². The molecule has 41 heavy (non-hydrogen) atoms. The number of methoxy groups -OCH3 is 1. The number of sulfonamides is 1. The highest BCUT2D eigenvalue weighted by molar-refractivity contribution is 7.92. The second-order valence-corrected chi connectivity index (χ2v) is 12.3. The van der Waals surface area contributed by atoms with Crippen LogP contribution in [0.2, 0.25) is 0 Å². The van der Waals surface area contributed by atoms with E-state index in [0.717, 1.165) is 41.1 Å². The van der Waals surface area contributed by atoms with Crippen molar-refractivity contribution in [3.8, 4) is 5.75 Å². The molecule has 1 N–H and O–H groups in total. The molecule has 0 saturated heterocycles. The Morgan fingerprint density at radius 3 is 2.27 bits per heavy atom. The molecular weight excluding hydrogens is 538 g/mol. The lowest BCUT2D eigenvalue weighted by molar-refractivity contribution is -0.140. The van der Waals surface area contributed by atoms with E-state index in [-0.39, 0.29) is 23.4 Å². The van der Waals surface area contributed by atoms with Gasteiger partial charge in [0, 0.05) is 12.6 Å². The maximum atomic E-state index is 14.2. The number of amides is 2. The predicted molar refractivity (Wildman–Crippen MR) is 160 cm³/mol. The van der Waals surface area contributed by atoms with Gasteiger partial charge in [0.05, 0.1) is 17.7 Å². The van der Waals surface area contributed by atoms with Crippen LogP contribution in [0.1, 0.15) is 50.2 Å². The minimum atomic E-state index is -4.13. The van der Waals surface area contributed by atoms with Crippen LogP contribution in [0, 0.1) is 6.92 Å². The van der Waals surface area contributed by atoms with Crippen molar-refractivity contribution in [2.24, 2.45) is 0 Å². The molecule has 4 rings (SSSR count). The first-order chi connectivity index (χ1) is 19.7. The second kappa shape index (κ2) is 13.7. The highest BCUT2D eigenvalue weighted by Gasteiger charge is 2.34. The first-order valence-electron chi connectivity index (χ1n) is 14.1. The number of rotatable bonds is 12. The number of para-hydroxylation sites is 1. The van der Waals surface area contributed by atoms with E-state index in [2.05, 4.69) is 5.32 Å². The van der Waals surface area contributed by atoms with Crippen molar-refractivity contribution in [3.05, 3.63) is 90.0 Å². The summed E-state index contributed by atoms with van der Waals surface area (Å²) < 4.78 is 34.2. The summed E-state index contributed by atoms with van der Waals surface area (Å²) in [7, 11) is -2.62. The van der Waals surface area contributed by atoms with Crippen molar-refractivity contribution in [3.63, 3.8) is 0 Å². The maximum absolute atomic E-state index is 14.2. The molecule has 1 saturated carbocycles. The van der Waals surface area contributed by atoms with Gasteiger partial charge >= 0.3 is 0 Å². The number of nitrogens with zero attached hydrogens (tertiary/aromatic N) is 2. The fourth-order valence-electron chi connectivity index (χ4n) is 5.29. The molecule has 0 spiro atoms. The zero-order valence-corrected chi connectivity index (χ0v) is 24.8. The average molecular weight is 578 g/mol. The van der Waals surface area contributed by atoms with E-state index in [9.17, 15) is 18.0 Å². The van der Waals surface area contributed by atoms with Crippen LogP contribution in [0.4, 0.5) is 5.69 Å². The van der Waals surface area contributed by atoms with Crippen molar-refractivity contribution in [1.29, 1.82) is 0 Å². The van der Waals surface area contributed by atoms with Crippen molar-refractivity contribution in [1.82, 2.24) is 10.2 Å². The number of carbonyl (C=O) groups is 2. The summed E-state index contributed by atoms with van der Waals surface area (Å²) >= 11 is 0. The second-order valence-electron chi connectivity index (χ2n) is 10.4. The molecule has 1 unspecified atom stereocenters. The third-order valence-electron chi connectivity index (χ3n) is 7.49. The molecule has 1 aliphatic carbocycles. The van der Waals surface area contributed by atoms with E-state index in [1.807, 2.05) is 38.1 Å². The molecule has 0 bridgehead atoms. The lowest BCUT2D eigenvalue weighted by Crippen LogP contribution is -2.53. The number of anilines is 1. The van der Waals surface area contributed by atoms with Crippen LogP contribution in [0.3, 0.4) is 0 Å². The topological polar surface area (TPSA) is 96.0 Å². The lowest BCUT2D eigenvalue weighted by Gasteiger charge is -2.33. The molecule has 2 amide bonds. The van der Waals surface area contributed by atoms with Gasteiger partial charge in [-0.2, -0.15) is 0 Å². The Morgan fingerprint density at radius 1 is 0.976 bits per heavy atom. The minimum Gasteiger partial charge on any atom is -0.497 e. The van der Waals surface area contributed by atoms with Crippen LogP contribution in [-0.2, 0) is 26.2 Å².